The molecule has 0 saturated carbocycles. The maximum absolute atomic E-state index is 10.6. The van der Waals surface area contributed by atoms with E-state index in [1.165, 1.54) is 0 Å². The highest BCUT2D eigenvalue weighted by molar-refractivity contribution is 5.86. The highest BCUT2D eigenvalue weighted by atomic mass is 35.5. The molecule has 0 aromatic heterocycles. The first kappa shape index (κ1) is 33.3. The fourth-order valence-corrected chi connectivity index (χ4v) is 2.83. The molecule has 0 spiro atoms. The van der Waals surface area contributed by atoms with Crippen LogP contribution in [0.25, 0.3) is 0 Å². The van der Waals surface area contributed by atoms with Crippen molar-refractivity contribution in [2.24, 2.45) is 0 Å². The molecular formula is C19H32Cl4N4O3. The third kappa shape index (κ3) is 10.1. The Morgan fingerprint density at radius 1 is 0.667 bits per heavy atom. The first-order valence-corrected chi connectivity index (χ1v) is 8.67. The molecule has 0 saturated heterocycles. The average molecular weight is 506 g/mol. The Labute approximate surface area is 202 Å². The zero-order valence-electron chi connectivity index (χ0n) is 16.5. The number of anilines is 4. The lowest BCUT2D eigenvalue weighted by Crippen LogP contribution is -2.40. The minimum Gasteiger partial charge on any atom is -0.399 e. The summed E-state index contributed by atoms with van der Waals surface area (Å²) in [7, 11) is 0. The van der Waals surface area contributed by atoms with E-state index in [9.17, 15) is 15.3 Å². The number of nitrogens with zero attached hydrogens (tertiary/aromatic N) is 2. The van der Waals surface area contributed by atoms with E-state index >= 15 is 0 Å². The minimum atomic E-state index is -0.777. The van der Waals surface area contributed by atoms with Crippen molar-refractivity contribution in [1.29, 1.82) is 0 Å². The predicted octanol–water partition coefficient (Wildman–Crippen LogP) is 2.54. The normalized spacial score (nSPS) is 10.4. The molecule has 1 unspecified atom stereocenters. The number of nitrogen functional groups attached to an aromatic ring is 2. The van der Waals surface area contributed by atoms with Gasteiger partial charge in [-0.1, -0.05) is 0 Å². The molecular weight excluding hydrogens is 474 g/mol. The van der Waals surface area contributed by atoms with Crippen LogP contribution in [0.2, 0.25) is 0 Å². The zero-order valence-corrected chi connectivity index (χ0v) is 19.7. The van der Waals surface area contributed by atoms with Crippen LogP contribution in [-0.4, -0.2) is 54.4 Å². The van der Waals surface area contributed by atoms with Crippen molar-refractivity contribution < 1.29 is 15.3 Å². The molecule has 2 aromatic carbocycles. The molecule has 0 aliphatic rings. The first-order chi connectivity index (χ1) is 12.5. The second kappa shape index (κ2) is 17.4. The van der Waals surface area contributed by atoms with E-state index in [1.807, 2.05) is 41.3 Å². The van der Waals surface area contributed by atoms with Gasteiger partial charge in [0.05, 0.1) is 13.2 Å². The monoisotopic (exact) mass is 504 g/mol. The molecule has 0 aliphatic carbocycles. The highest BCUT2D eigenvalue weighted by Gasteiger charge is 2.17. The number of benzene rings is 2. The number of aliphatic hydroxyl groups excluding tert-OH is 3. The van der Waals surface area contributed by atoms with Gasteiger partial charge in [-0.2, -0.15) is 0 Å². The van der Waals surface area contributed by atoms with E-state index < -0.39 is 6.23 Å². The van der Waals surface area contributed by atoms with Crippen LogP contribution in [0.5, 0.6) is 0 Å². The lowest BCUT2D eigenvalue weighted by Gasteiger charge is -2.32. The quantitative estimate of drug-likeness (QED) is 0.248. The van der Waals surface area contributed by atoms with Crippen LogP contribution < -0.4 is 21.3 Å². The Kier molecular flexibility index (Phi) is 19.3. The van der Waals surface area contributed by atoms with Crippen LogP contribution in [0.3, 0.4) is 0 Å². The second-order valence-electron chi connectivity index (χ2n) is 6.08. The molecule has 0 aliphatic heterocycles. The average Bonchev–Trinajstić information content (AvgIpc) is 2.64. The molecule has 0 bridgehead atoms. The van der Waals surface area contributed by atoms with Gasteiger partial charge in [0.2, 0.25) is 0 Å². The largest absolute Gasteiger partial charge is 0.399 e. The standard InChI is InChI=1S/C19H28N4O3.4ClH/c20-15-1-5-17(6-2-15)22(11-13-24)10-9-19(26)23(12-14-25)18-7-3-16(21)4-8-18;;;;/h1-8,19,24-26H,9-14,20-21H2;4*1H. The molecule has 1 atom stereocenters. The van der Waals surface area contributed by atoms with Crippen molar-refractivity contribution in [3.05, 3.63) is 48.5 Å². The van der Waals surface area contributed by atoms with Crippen molar-refractivity contribution in [2.45, 2.75) is 12.6 Å². The Hall–Kier alpha value is -1.32. The molecule has 0 fully saturated rings. The molecule has 7 nitrogen and oxygen atoms in total. The van der Waals surface area contributed by atoms with E-state index in [1.54, 1.807) is 17.0 Å². The third-order valence-corrected chi connectivity index (χ3v) is 4.21. The van der Waals surface area contributed by atoms with Crippen LogP contribution in [0.4, 0.5) is 22.7 Å². The van der Waals surface area contributed by atoms with Gasteiger partial charge in [0, 0.05) is 48.8 Å². The molecule has 7 N–H and O–H groups in total. The summed E-state index contributed by atoms with van der Waals surface area (Å²) >= 11 is 0. The van der Waals surface area contributed by atoms with Crippen LogP contribution in [0.1, 0.15) is 6.42 Å². The van der Waals surface area contributed by atoms with Gasteiger partial charge in [0.15, 0.2) is 0 Å². The van der Waals surface area contributed by atoms with Crippen molar-refractivity contribution in [3.63, 3.8) is 0 Å². The molecule has 0 heterocycles. The summed E-state index contributed by atoms with van der Waals surface area (Å²) in [5.74, 6) is 0. The fourth-order valence-electron chi connectivity index (χ4n) is 2.83. The molecule has 0 amide bonds. The van der Waals surface area contributed by atoms with Gasteiger partial charge in [-0.25, -0.2) is 0 Å². The summed E-state index contributed by atoms with van der Waals surface area (Å²) < 4.78 is 0. The van der Waals surface area contributed by atoms with Gasteiger partial charge in [-0.3, -0.25) is 0 Å². The Bertz CT molecular complexity index is 666. The number of halogens is 4. The fraction of sp³-hybridized carbons (Fsp3) is 0.368. The molecule has 2 rings (SSSR count). The van der Waals surface area contributed by atoms with Crippen LogP contribution >= 0.6 is 49.6 Å². The van der Waals surface area contributed by atoms with Crippen molar-refractivity contribution in [1.82, 2.24) is 0 Å². The summed E-state index contributed by atoms with van der Waals surface area (Å²) in [4.78, 5) is 3.72. The van der Waals surface area contributed by atoms with Crippen LogP contribution in [0.15, 0.2) is 48.5 Å². The SMILES string of the molecule is Cl.Cl.Cl.Cl.Nc1ccc(N(CCO)CCC(O)N(CCO)c2ccc(N)cc2)cc1. The second-order valence-corrected chi connectivity index (χ2v) is 6.08. The van der Waals surface area contributed by atoms with E-state index in [0.717, 1.165) is 11.4 Å². The maximum Gasteiger partial charge on any atom is 0.128 e. The van der Waals surface area contributed by atoms with Crippen molar-refractivity contribution >= 4 is 72.4 Å². The number of hydrogen-bond donors (Lipinski definition) is 5. The van der Waals surface area contributed by atoms with Gasteiger partial charge in [-0.15, -0.1) is 49.6 Å². The molecule has 2 aromatic rings. The lowest BCUT2D eigenvalue weighted by molar-refractivity contribution is 0.151. The number of hydrogen-bond acceptors (Lipinski definition) is 7. The predicted molar refractivity (Wildman–Crippen MR) is 135 cm³/mol. The lowest BCUT2D eigenvalue weighted by atomic mass is 10.2. The highest BCUT2D eigenvalue weighted by Crippen LogP contribution is 2.21. The van der Waals surface area contributed by atoms with Gasteiger partial charge in [0.1, 0.15) is 6.23 Å². The first-order valence-electron chi connectivity index (χ1n) is 8.67. The van der Waals surface area contributed by atoms with Crippen LogP contribution in [0, 0.1) is 0 Å². The van der Waals surface area contributed by atoms with Gasteiger partial charge in [-0.05, 0) is 48.5 Å². The zero-order chi connectivity index (χ0) is 18.9. The van der Waals surface area contributed by atoms with E-state index in [-0.39, 0.29) is 62.8 Å². The number of rotatable bonds is 10. The molecule has 11 heteroatoms. The number of aliphatic hydroxyl groups is 3. The third-order valence-electron chi connectivity index (χ3n) is 4.21. The van der Waals surface area contributed by atoms with E-state index in [2.05, 4.69) is 0 Å². The summed E-state index contributed by atoms with van der Waals surface area (Å²) in [6, 6.07) is 14.6. The Morgan fingerprint density at radius 2 is 1.10 bits per heavy atom. The van der Waals surface area contributed by atoms with E-state index in [0.29, 0.717) is 37.4 Å². The van der Waals surface area contributed by atoms with Crippen molar-refractivity contribution in [3.8, 4) is 0 Å². The van der Waals surface area contributed by atoms with Crippen molar-refractivity contribution in [2.75, 3.05) is 54.1 Å². The van der Waals surface area contributed by atoms with E-state index in [4.69, 9.17) is 11.5 Å². The number of nitrogens with two attached hydrogens (primary N) is 2. The molecule has 30 heavy (non-hydrogen) atoms. The minimum absolute atomic E-state index is 0. The topological polar surface area (TPSA) is 119 Å². The Morgan fingerprint density at radius 3 is 1.53 bits per heavy atom. The Balaban J connectivity index is -0.00000182. The summed E-state index contributed by atoms with van der Waals surface area (Å²) in [5.41, 5.74) is 14.5. The van der Waals surface area contributed by atoms with Gasteiger partial charge in [0.25, 0.3) is 0 Å². The maximum atomic E-state index is 10.6. The van der Waals surface area contributed by atoms with Gasteiger partial charge >= 0.3 is 0 Å². The summed E-state index contributed by atoms with van der Waals surface area (Å²) in [6.45, 7) is 1.26. The smallest absolute Gasteiger partial charge is 0.128 e. The summed E-state index contributed by atoms with van der Waals surface area (Å²) in [6.07, 6.45) is -0.338. The van der Waals surface area contributed by atoms with Crippen LogP contribution in [-0.2, 0) is 0 Å². The summed E-state index contributed by atoms with van der Waals surface area (Å²) in [5, 5.41) is 29.3. The van der Waals surface area contributed by atoms with Gasteiger partial charge < -0.3 is 36.6 Å². The molecule has 174 valence electrons. The molecule has 0 radical (unpaired) electrons.